The Labute approximate surface area is 185 Å². The van der Waals surface area contributed by atoms with Gasteiger partial charge in [-0.15, -0.1) is 0 Å². The van der Waals surface area contributed by atoms with Gasteiger partial charge in [0.25, 0.3) is 0 Å². The monoisotopic (exact) mass is 419 g/mol. The standard InChI is InChI=1S/C26H33N3O2/c1-27-18-25(30)24(17-19-9-5-4-6-10-19)29(3)26(31)23(28-2)16-20-13-14-21-11-7-8-12-22(21)15-20/h4-15,23-24,26-28,31H,16-18H2,1-3H3/t23-,24-,26?/m1/s1. The molecule has 3 N–H and O–H groups in total. The van der Waals surface area contributed by atoms with Crippen LogP contribution in [0.5, 0.6) is 0 Å². The Kier molecular flexibility index (Phi) is 8.32. The highest BCUT2D eigenvalue weighted by Gasteiger charge is 2.31. The molecule has 5 nitrogen and oxygen atoms in total. The Morgan fingerprint density at radius 3 is 2.26 bits per heavy atom. The zero-order valence-corrected chi connectivity index (χ0v) is 18.6. The van der Waals surface area contributed by atoms with Crippen molar-refractivity contribution in [2.24, 2.45) is 0 Å². The molecular formula is C26H33N3O2. The zero-order valence-electron chi connectivity index (χ0n) is 18.6. The van der Waals surface area contributed by atoms with Gasteiger partial charge < -0.3 is 15.7 Å². The molecule has 0 saturated heterocycles. The summed E-state index contributed by atoms with van der Waals surface area (Å²) in [4.78, 5) is 14.7. The fraction of sp³-hybridized carbons (Fsp3) is 0.346. The van der Waals surface area contributed by atoms with E-state index in [-0.39, 0.29) is 18.4 Å². The molecule has 0 saturated carbocycles. The van der Waals surface area contributed by atoms with Crippen molar-refractivity contribution in [3.8, 4) is 0 Å². The van der Waals surface area contributed by atoms with Gasteiger partial charge in [-0.25, -0.2) is 0 Å². The molecule has 0 radical (unpaired) electrons. The minimum absolute atomic E-state index is 0.0634. The maximum Gasteiger partial charge on any atom is 0.164 e. The third-order valence-corrected chi connectivity index (χ3v) is 5.90. The number of fused-ring (bicyclic) bond motifs is 1. The lowest BCUT2D eigenvalue weighted by atomic mass is 9.97. The summed E-state index contributed by atoms with van der Waals surface area (Å²) in [6.45, 7) is 0.267. The van der Waals surface area contributed by atoms with Crippen molar-refractivity contribution in [2.75, 3.05) is 27.7 Å². The Hall–Kier alpha value is -2.57. The van der Waals surface area contributed by atoms with Crippen molar-refractivity contribution in [1.29, 1.82) is 0 Å². The quantitative estimate of drug-likeness (QED) is 0.417. The number of likely N-dealkylation sites (N-methyl/N-ethyl adjacent to an activating group) is 3. The fourth-order valence-electron chi connectivity index (χ4n) is 4.06. The summed E-state index contributed by atoms with van der Waals surface area (Å²) in [5.74, 6) is 0.0634. The fourth-order valence-corrected chi connectivity index (χ4v) is 4.06. The van der Waals surface area contributed by atoms with Gasteiger partial charge in [0.05, 0.1) is 18.6 Å². The van der Waals surface area contributed by atoms with E-state index < -0.39 is 12.3 Å². The van der Waals surface area contributed by atoms with Crippen LogP contribution in [0.4, 0.5) is 0 Å². The van der Waals surface area contributed by atoms with Gasteiger partial charge in [-0.05, 0) is 55.9 Å². The van der Waals surface area contributed by atoms with E-state index in [0.717, 1.165) is 11.1 Å². The predicted octanol–water partition coefficient (Wildman–Crippen LogP) is 2.62. The Balaban J connectivity index is 1.77. The van der Waals surface area contributed by atoms with Crippen LogP contribution in [0.15, 0.2) is 72.8 Å². The number of Topliss-reactive ketones (excluding diaryl/α,β-unsaturated/α-hetero) is 1. The van der Waals surface area contributed by atoms with Crippen LogP contribution >= 0.6 is 0 Å². The molecule has 164 valence electrons. The van der Waals surface area contributed by atoms with E-state index in [1.54, 1.807) is 11.9 Å². The number of carbonyl (C=O) groups excluding carboxylic acids is 1. The number of ketones is 1. The number of aliphatic hydroxyl groups excluding tert-OH is 1. The van der Waals surface area contributed by atoms with Crippen molar-refractivity contribution in [2.45, 2.75) is 31.2 Å². The first-order valence-corrected chi connectivity index (χ1v) is 10.8. The third-order valence-electron chi connectivity index (χ3n) is 5.90. The van der Waals surface area contributed by atoms with Crippen molar-refractivity contribution in [1.82, 2.24) is 15.5 Å². The van der Waals surface area contributed by atoms with Gasteiger partial charge in [0.2, 0.25) is 0 Å². The summed E-state index contributed by atoms with van der Waals surface area (Å²) in [6, 6.07) is 24.0. The van der Waals surface area contributed by atoms with E-state index >= 15 is 0 Å². The van der Waals surface area contributed by atoms with Gasteiger partial charge >= 0.3 is 0 Å². The third kappa shape index (κ3) is 5.99. The van der Waals surface area contributed by atoms with Gasteiger partial charge in [-0.1, -0.05) is 72.8 Å². The van der Waals surface area contributed by atoms with E-state index in [2.05, 4.69) is 41.0 Å². The topological polar surface area (TPSA) is 64.6 Å². The molecule has 0 aromatic heterocycles. The second kappa shape index (κ2) is 11.2. The van der Waals surface area contributed by atoms with Crippen LogP contribution in [0.25, 0.3) is 10.8 Å². The van der Waals surface area contributed by atoms with Crippen LogP contribution < -0.4 is 10.6 Å². The van der Waals surface area contributed by atoms with Crippen LogP contribution in [0, 0.1) is 0 Å². The molecule has 0 fully saturated rings. The molecule has 3 aromatic carbocycles. The molecule has 3 atom stereocenters. The molecule has 0 heterocycles. The lowest BCUT2D eigenvalue weighted by molar-refractivity contribution is -0.128. The summed E-state index contributed by atoms with van der Waals surface area (Å²) in [5, 5.41) is 19.8. The van der Waals surface area contributed by atoms with Gasteiger partial charge in [-0.3, -0.25) is 9.69 Å². The summed E-state index contributed by atoms with van der Waals surface area (Å²) in [5.41, 5.74) is 2.22. The first-order chi connectivity index (χ1) is 15.0. The van der Waals surface area contributed by atoms with E-state index in [4.69, 9.17) is 0 Å². The van der Waals surface area contributed by atoms with Crippen LogP contribution in [-0.4, -0.2) is 61.8 Å². The lowest BCUT2D eigenvalue weighted by Gasteiger charge is -2.35. The van der Waals surface area contributed by atoms with E-state index in [0.29, 0.717) is 12.8 Å². The SMILES string of the molecule is CNCC(=O)[C@@H](Cc1ccccc1)N(C)C(O)[C@@H](Cc1ccc2ccccc2c1)NC. The van der Waals surface area contributed by atoms with Crippen molar-refractivity contribution in [3.05, 3.63) is 83.9 Å². The van der Waals surface area contributed by atoms with Crippen molar-refractivity contribution in [3.63, 3.8) is 0 Å². The van der Waals surface area contributed by atoms with Gasteiger partial charge in [0, 0.05) is 0 Å². The molecule has 31 heavy (non-hydrogen) atoms. The normalized spacial score (nSPS) is 14.5. The largest absolute Gasteiger partial charge is 0.377 e. The van der Waals surface area contributed by atoms with Gasteiger partial charge in [0.1, 0.15) is 6.23 Å². The highest BCUT2D eigenvalue weighted by atomic mass is 16.3. The highest BCUT2D eigenvalue weighted by Crippen LogP contribution is 2.19. The first kappa shape index (κ1) is 23.1. The molecule has 0 aliphatic heterocycles. The molecule has 5 heteroatoms. The summed E-state index contributed by atoms with van der Waals surface area (Å²) in [7, 11) is 5.45. The number of aliphatic hydroxyl groups is 1. The predicted molar refractivity (Wildman–Crippen MR) is 127 cm³/mol. The Morgan fingerprint density at radius 2 is 1.58 bits per heavy atom. The molecule has 0 aliphatic rings. The average molecular weight is 420 g/mol. The number of hydrogen-bond donors (Lipinski definition) is 3. The Bertz CT molecular complexity index is 977. The van der Waals surface area contributed by atoms with Gasteiger partial charge in [0.15, 0.2) is 5.78 Å². The molecule has 0 spiro atoms. The minimum Gasteiger partial charge on any atom is -0.377 e. The Morgan fingerprint density at radius 1 is 0.903 bits per heavy atom. The molecule has 3 rings (SSSR count). The molecule has 0 aliphatic carbocycles. The summed E-state index contributed by atoms with van der Waals surface area (Å²) < 4.78 is 0. The van der Waals surface area contributed by atoms with Crippen LogP contribution in [-0.2, 0) is 17.6 Å². The molecule has 0 bridgehead atoms. The van der Waals surface area contributed by atoms with Crippen LogP contribution in [0.3, 0.4) is 0 Å². The minimum atomic E-state index is -0.814. The van der Waals surface area contributed by atoms with Gasteiger partial charge in [-0.2, -0.15) is 0 Å². The number of carbonyl (C=O) groups is 1. The zero-order chi connectivity index (χ0) is 22.2. The summed E-state index contributed by atoms with van der Waals surface area (Å²) in [6.07, 6.45) is 0.401. The second-order valence-electron chi connectivity index (χ2n) is 8.06. The number of hydrogen-bond acceptors (Lipinski definition) is 5. The van der Waals surface area contributed by atoms with Crippen LogP contribution in [0.2, 0.25) is 0 Å². The molecule has 0 amide bonds. The molecular weight excluding hydrogens is 386 g/mol. The first-order valence-electron chi connectivity index (χ1n) is 10.8. The summed E-state index contributed by atoms with van der Waals surface area (Å²) >= 11 is 0. The lowest BCUT2D eigenvalue weighted by Crippen LogP contribution is -2.55. The number of nitrogens with one attached hydrogen (secondary N) is 2. The van der Waals surface area contributed by atoms with Crippen molar-refractivity contribution >= 4 is 16.6 Å². The maximum absolute atomic E-state index is 12.9. The highest BCUT2D eigenvalue weighted by molar-refractivity contribution is 5.86. The second-order valence-corrected chi connectivity index (χ2v) is 8.06. The number of rotatable bonds is 11. The smallest absolute Gasteiger partial charge is 0.164 e. The number of nitrogens with zero attached hydrogens (tertiary/aromatic N) is 1. The maximum atomic E-state index is 12.9. The van der Waals surface area contributed by atoms with Crippen LogP contribution in [0.1, 0.15) is 11.1 Å². The molecule has 3 aromatic rings. The van der Waals surface area contributed by atoms with Crippen molar-refractivity contribution < 1.29 is 9.90 Å². The van der Waals surface area contributed by atoms with E-state index in [1.165, 1.54) is 10.8 Å². The number of benzene rings is 3. The average Bonchev–Trinajstić information content (AvgIpc) is 2.80. The molecule has 1 unspecified atom stereocenters. The van der Waals surface area contributed by atoms with E-state index in [9.17, 15) is 9.90 Å². The van der Waals surface area contributed by atoms with E-state index in [1.807, 2.05) is 56.6 Å².